The molecule has 1 aromatic carbocycles. The molecule has 4 heteroatoms. The Morgan fingerprint density at radius 1 is 1.35 bits per heavy atom. The maximum atomic E-state index is 11.4. The van der Waals surface area contributed by atoms with E-state index in [1.807, 2.05) is 0 Å². The van der Waals surface area contributed by atoms with Crippen LogP contribution < -0.4 is 5.32 Å². The molecule has 0 aromatic heterocycles. The Balaban J connectivity index is 2.51. The summed E-state index contributed by atoms with van der Waals surface area (Å²) in [7, 11) is 3.53. The lowest BCUT2D eigenvalue weighted by Crippen LogP contribution is -2.34. The standard InChI is InChI=1S/C13H20N2OS/c1-10(14-9-13(16)15(2)3)11-5-7-12(17-4)8-6-11/h5-8,10,14H,9H2,1-4H3. The largest absolute Gasteiger partial charge is 0.348 e. The first-order chi connectivity index (χ1) is 8.04. The van der Waals surface area contributed by atoms with E-state index in [0.29, 0.717) is 6.54 Å². The molecule has 0 aliphatic carbocycles. The van der Waals surface area contributed by atoms with Crippen molar-refractivity contribution in [2.75, 3.05) is 26.9 Å². The zero-order valence-corrected chi connectivity index (χ0v) is 11.7. The fourth-order valence-corrected chi connectivity index (χ4v) is 1.82. The molecule has 94 valence electrons. The maximum absolute atomic E-state index is 11.4. The van der Waals surface area contributed by atoms with Gasteiger partial charge in [-0.25, -0.2) is 0 Å². The second-order valence-electron chi connectivity index (χ2n) is 4.16. The SMILES string of the molecule is CSc1ccc(C(C)NCC(=O)N(C)C)cc1. The van der Waals surface area contributed by atoms with Crippen LogP contribution in [0.5, 0.6) is 0 Å². The highest BCUT2D eigenvalue weighted by Gasteiger charge is 2.08. The van der Waals surface area contributed by atoms with Crippen molar-refractivity contribution >= 4 is 17.7 Å². The van der Waals surface area contributed by atoms with E-state index < -0.39 is 0 Å². The van der Waals surface area contributed by atoms with Gasteiger partial charge in [0.15, 0.2) is 0 Å². The number of hydrogen-bond donors (Lipinski definition) is 1. The van der Waals surface area contributed by atoms with Crippen LogP contribution in [0, 0.1) is 0 Å². The lowest BCUT2D eigenvalue weighted by Gasteiger charge is -2.16. The van der Waals surface area contributed by atoms with E-state index >= 15 is 0 Å². The molecule has 1 rings (SSSR count). The van der Waals surface area contributed by atoms with Crippen molar-refractivity contribution in [3.05, 3.63) is 29.8 Å². The smallest absolute Gasteiger partial charge is 0.236 e. The molecule has 0 saturated carbocycles. The van der Waals surface area contributed by atoms with Gasteiger partial charge in [-0.1, -0.05) is 12.1 Å². The van der Waals surface area contributed by atoms with E-state index in [9.17, 15) is 4.79 Å². The third-order valence-electron chi connectivity index (χ3n) is 2.67. The van der Waals surface area contributed by atoms with Crippen molar-refractivity contribution in [2.24, 2.45) is 0 Å². The van der Waals surface area contributed by atoms with E-state index in [1.54, 1.807) is 30.8 Å². The molecule has 0 spiro atoms. The maximum Gasteiger partial charge on any atom is 0.236 e. The van der Waals surface area contributed by atoms with Crippen LogP contribution >= 0.6 is 11.8 Å². The highest BCUT2D eigenvalue weighted by Crippen LogP contribution is 2.18. The molecule has 0 aliphatic rings. The monoisotopic (exact) mass is 252 g/mol. The first-order valence-electron chi connectivity index (χ1n) is 5.62. The number of hydrogen-bond acceptors (Lipinski definition) is 3. The van der Waals surface area contributed by atoms with Crippen LogP contribution in [-0.2, 0) is 4.79 Å². The predicted molar refractivity (Wildman–Crippen MR) is 73.3 cm³/mol. The molecule has 0 fully saturated rings. The van der Waals surface area contributed by atoms with E-state index in [4.69, 9.17) is 0 Å². The summed E-state index contributed by atoms with van der Waals surface area (Å²) in [6, 6.07) is 8.60. The molecular weight excluding hydrogens is 232 g/mol. The molecule has 1 unspecified atom stereocenters. The van der Waals surface area contributed by atoms with Crippen molar-refractivity contribution in [3.63, 3.8) is 0 Å². The van der Waals surface area contributed by atoms with E-state index in [2.05, 4.69) is 42.8 Å². The number of rotatable bonds is 5. The minimum atomic E-state index is 0.0950. The Bertz CT molecular complexity index is 362. The molecule has 3 nitrogen and oxygen atoms in total. The molecule has 0 bridgehead atoms. The number of amides is 1. The average Bonchev–Trinajstić information content (AvgIpc) is 2.35. The molecule has 0 saturated heterocycles. The van der Waals surface area contributed by atoms with Gasteiger partial charge in [0.05, 0.1) is 6.54 Å². The molecule has 1 amide bonds. The summed E-state index contributed by atoms with van der Waals surface area (Å²) in [5.74, 6) is 0.0950. The fraction of sp³-hybridized carbons (Fsp3) is 0.462. The second-order valence-corrected chi connectivity index (χ2v) is 5.04. The van der Waals surface area contributed by atoms with Crippen molar-refractivity contribution in [1.82, 2.24) is 10.2 Å². The van der Waals surface area contributed by atoms with Gasteiger partial charge in [-0.15, -0.1) is 11.8 Å². The summed E-state index contributed by atoms with van der Waals surface area (Å²) >= 11 is 1.73. The zero-order valence-electron chi connectivity index (χ0n) is 10.9. The number of nitrogens with one attached hydrogen (secondary N) is 1. The normalized spacial score (nSPS) is 12.2. The van der Waals surface area contributed by atoms with Crippen LogP contribution in [0.3, 0.4) is 0 Å². The molecule has 0 heterocycles. The third-order valence-corrected chi connectivity index (χ3v) is 3.42. The number of nitrogens with zero attached hydrogens (tertiary/aromatic N) is 1. The highest BCUT2D eigenvalue weighted by atomic mass is 32.2. The summed E-state index contributed by atoms with van der Waals surface area (Å²) in [6.45, 7) is 2.44. The number of carbonyl (C=O) groups excluding carboxylic acids is 1. The minimum absolute atomic E-state index is 0.0950. The number of benzene rings is 1. The molecule has 1 aromatic rings. The molecular formula is C13H20N2OS. The van der Waals surface area contributed by atoms with Crippen molar-refractivity contribution < 1.29 is 4.79 Å². The summed E-state index contributed by atoms with van der Waals surface area (Å²) in [4.78, 5) is 14.3. The Hall–Kier alpha value is -1.00. The molecule has 1 atom stereocenters. The number of likely N-dealkylation sites (N-methyl/N-ethyl adjacent to an activating group) is 1. The number of thioether (sulfide) groups is 1. The number of carbonyl (C=O) groups is 1. The topological polar surface area (TPSA) is 32.3 Å². The van der Waals surface area contributed by atoms with E-state index in [1.165, 1.54) is 10.5 Å². The third kappa shape index (κ3) is 4.40. The molecule has 17 heavy (non-hydrogen) atoms. The molecule has 0 radical (unpaired) electrons. The van der Waals surface area contributed by atoms with E-state index in [0.717, 1.165) is 0 Å². The fourth-order valence-electron chi connectivity index (χ4n) is 1.41. The Morgan fingerprint density at radius 3 is 2.41 bits per heavy atom. The lowest BCUT2D eigenvalue weighted by molar-refractivity contribution is -0.127. The first-order valence-corrected chi connectivity index (χ1v) is 6.84. The lowest BCUT2D eigenvalue weighted by atomic mass is 10.1. The van der Waals surface area contributed by atoms with Gasteiger partial charge >= 0.3 is 0 Å². The Labute approximate surface area is 108 Å². The van der Waals surface area contributed by atoms with Gasteiger partial charge in [-0.05, 0) is 30.9 Å². The summed E-state index contributed by atoms with van der Waals surface area (Å²) in [5.41, 5.74) is 1.20. The summed E-state index contributed by atoms with van der Waals surface area (Å²) in [5, 5.41) is 3.22. The highest BCUT2D eigenvalue weighted by molar-refractivity contribution is 7.98. The van der Waals surface area contributed by atoms with Crippen LogP contribution in [0.15, 0.2) is 29.2 Å². The molecule has 0 aliphatic heterocycles. The van der Waals surface area contributed by atoms with Crippen LogP contribution in [0.2, 0.25) is 0 Å². The molecule has 1 N–H and O–H groups in total. The summed E-state index contributed by atoms with van der Waals surface area (Å²) in [6.07, 6.45) is 2.06. The Morgan fingerprint density at radius 2 is 1.94 bits per heavy atom. The zero-order chi connectivity index (χ0) is 12.8. The predicted octanol–water partition coefficient (Wildman–Crippen LogP) is 2.15. The quantitative estimate of drug-likeness (QED) is 0.815. The van der Waals surface area contributed by atoms with Crippen molar-refractivity contribution in [2.45, 2.75) is 17.9 Å². The van der Waals surface area contributed by atoms with Gasteiger partial charge in [0, 0.05) is 25.0 Å². The van der Waals surface area contributed by atoms with Crippen LogP contribution in [0.1, 0.15) is 18.5 Å². The first kappa shape index (κ1) is 14.1. The van der Waals surface area contributed by atoms with Gasteiger partial charge in [0.2, 0.25) is 5.91 Å². The van der Waals surface area contributed by atoms with E-state index in [-0.39, 0.29) is 11.9 Å². The van der Waals surface area contributed by atoms with Crippen LogP contribution in [0.4, 0.5) is 0 Å². The second kappa shape index (κ2) is 6.67. The summed E-state index contributed by atoms with van der Waals surface area (Å²) < 4.78 is 0. The van der Waals surface area contributed by atoms with Crippen molar-refractivity contribution in [1.29, 1.82) is 0 Å². The van der Waals surface area contributed by atoms with Gasteiger partial charge in [-0.2, -0.15) is 0 Å². The van der Waals surface area contributed by atoms with Gasteiger partial charge in [0.25, 0.3) is 0 Å². The Kier molecular flexibility index (Phi) is 5.51. The van der Waals surface area contributed by atoms with Gasteiger partial charge < -0.3 is 10.2 Å². The van der Waals surface area contributed by atoms with Crippen molar-refractivity contribution in [3.8, 4) is 0 Å². The van der Waals surface area contributed by atoms with Crippen LogP contribution in [0.25, 0.3) is 0 Å². The van der Waals surface area contributed by atoms with Crippen LogP contribution in [-0.4, -0.2) is 37.7 Å². The van der Waals surface area contributed by atoms with Gasteiger partial charge in [0.1, 0.15) is 0 Å². The average molecular weight is 252 g/mol. The minimum Gasteiger partial charge on any atom is -0.348 e. The van der Waals surface area contributed by atoms with Gasteiger partial charge in [-0.3, -0.25) is 4.79 Å².